The van der Waals surface area contributed by atoms with Gasteiger partial charge >= 0.3 is 11.9 Å². The van der Waals surface area contributed by atoms with Gasteiger partial charge in [-0.25, -0.2) is 4.39 Å². The summed E-state index contributed by atoms with van der Waals surface area (Å²) in [5.41, 5.74) is 1.61. The van der Waals surface area contributed by atoms with Gasteiger partial charge in [-0.15, -0.1) is 0 Å². The van der Waals surface area contributed by atoms with E-state index in [1.54, 1.807) is 11.6 Å². The molecule has 0 spiro atoms. The van der Waals surface area contributed by atoms with Gasteiger partial charge in [-0.1, -0.05) is 105 Å². The number of carboxylic acids is 1. The summed E-state index contributed by atoms with van der Waals surface area (Å²) in [4.78, 5) is 37.9. The zero-order valence-corrected chi connectivity index (χ0v) is 33.4. The lowest BCUT2D eigenvalue weighted by molar-refractivity contribution is -0.170. The number of ether oxygens (including phenoxy) is 1. The highest BCUT2D eigenvalue weighted by Crippen LogP contribution is 2.57. The Morgan fingerprint density at radius 1 is 1.04 bits per heavy atom. The van der Waals surface area contributed by atoms with Crippen molar-refractivity contribution in [1.29, 1.82) is 0 Å². The van der Waals surface area contributed by atoms with Gasteiger partial charge in [0, 0.05) is 17.9 Å². The molecular weight excluding hydrogens is 641 g/mol. The summed E-state index contributed by atoms with van der Waals surface area (Å²) in [6.45, 7) is 20.2. The molecule has 6 nitrogen and oxygen atoms in total. The summed E-state index contributed by atoms with van der Waals surface area (Å²) in [6, 6.07) is 6.44. The maximum atomic E-state index is 13.7. The van der Waals surface area contributed by atoms with Crippen molar-refractivity contribution in [3.8, 4) is 0 Å². The van der Waals surface area contributed by atoms with E-state index < -0.39 is 11.4 Å². The highest BCUT2D eigenvalue weighted by molar-refractivity contribution is 5.78. The number of allylic oxidation sites excluding steroid dienone is 2. The van der Waals surface area contributed by atoms with Crippen LogP contribution in [0.1, 0.15) is 158 Å². The molecule has 1 aromatic rings. The second-order valence-corrected chi connectivity index (χ2v) is 17.8. The molecule has 3 rings (SSSR count). The van der Waals surface area contributed by atoms with Crippen molar-refractivity contribution < 1.29 is 28.6 Å². The first-order chi connectivity index (χ1) is 23.9. The van der Waals surface area contributed by atoms with Crippen LogP contribution in [0.25, 0.3) is 0 Å². The molecule has 288 valence electrons. The monoisotopic (exact) mass is 712 g/mol. The summed E-state index contributed by atoms with van der Waals surface area (Å²) in [6.07, 6.45) is 14.5. The van der Waals surface area contributed by atoms with Gasteiger partial charge in [0.25, 0.3) is 0 Å². The van der Waals surface area contributed by atoms with Gasteiger partial charge in [0.05, 0.1) is 12.8 Å². The van der Waals surface area contributed by atoms with E-state index in [-0.39, 0.29) is 53.4 Å². The number of hydrogen-bond acceptors (Lipinski definition) is 4. The Labute approximate surface area is 309 Å². The molecule has 1 amide bonds. The topological polar surface area (TPSA) is 92.7 Å². The quantitative estimate of drug-likeness (QED) is 0.110. The van der Waals surface area contributed by atoms with E-state index in [0.717, 1.165) is 76.2 Å². The number of aliphatic carboxylic acids is 1. The first-order valence-corrected chi connectivity index (χ1v) is 20.1. The number of carboxylic acid groups (broad SMARTS) is 1. The Hall–Kier alpha value is -2.70. The van der Waals surface area contributed by atoms with Gasteiger partial charge in [0.1, 0.15) is 11.9 Å². The average Bonchev–Trinajstić information content (AvgIpc) is 3.17. The second-order valence-electron chi connectivity index (χ2n) is 17.8. The SMILES string of the molecule is CCCC(C)[C@H](CCC(C)CCCC1=CC2(C)CC[C@H](OC(=O)CC(C)(CC)CC(=O)O)C(C)(C)C2CCC1C)C(=O)NCc1cccc(F)c1. The second kappa shape index (κ2) is 18.9. The molecule has 0 bridgehead atoms. The predicted molar refractivity (Wildman–Crippen MR) is 204 cm³/mol. The van der Waals surface area contributed by atoms with Gasteiger partial charge < -0.3 is 15.2 Å². The van der Waals surface area contributed by atoms with Crippen molar-refractivity contribution in [3.63, 3.8) is 0 Å². The van der Waals surface area contributed by atoms with Crippen molar-refractivity contribution in [2.24, 2.45) is 45.8 Å². The summed E-state index contributed by atoms with van der Waals surface area (Å²) >= 11 is 0. The molecule has 8 atom stereocenters. The Morgan fingerprint density at radius 3 is 2.41 bits per heavy atom. The van der Waals surface area contributed by atoms with Gasteiger partial charge in [-0.05, 0) is 110 Å². The maximum Gasteiger partial charge on any atom is 0.306 e. The molecule has 1 fully saturated rings. The number of hydrogen-bond donors (Lipinski definition) is 2. The van der Waals surface area contributed by atoms with Crippen LogP contribution in [-0.2, 0) is 25.7 Å². The lowest BCUT2D eigenvalue weighted by Crippen LogP contribution is -2.50. The minimum Gasteiger partial charge on any atom is -0.481 e. The van der Waals surface area contributed by atoms with Crippen LogP contribution < -0.4 is 5.32 Å². The normalized spacial score (nSPS) is 26.0. The molecule has 2 N–H and O–H groups in total. The third-order valence-corrected chi connectivity index (χ3v) is 13.0. The van der Waals surface area contributed by atoms with Crippen LogP contribution in [0, 0.1) is 51.7 Å². The highest BCUT2D eigenvalue weighted by Gasteiger charge is 2.52. The van der Waals surface area contributed by atoms with Crippen molar-refractivity contribution in [1.82, 2.24) is 5.32 Å². The van der Waals surface area contributed by atoms with E-state index in [9.17, 15) is 23.9 Å². The fourth-order valence-corrected chi connectivity index (χ4v) is 9.42. The summed E-state index contributed by atoms with van der Waals surface area (Å²) in [5.74, 6) is 0.340. The maximum absolute atomic E-state index is 13.7. The van der Waals surface area contributed by atoms with E-state index in [1.165, 1.54) is 12.1 Å². The fraction of sp³-hybridized carbons (Fsp3) is 0.750. The zero-order chi connectivity index (χ0) is 38.0. The average molecular weight is 712 g/mol. The van der Waals surface area contributed by atoms with Crippen LogP contribution in [0.3, 0.4) is 0 Å². The molecule has 0 heterocycles. The molecule has 7 heteroatoms. The molecular formula is C44H70FNO5. The number of benzene rings is 1. The zero-order valence-electron chi connectivity index (χ0n) is 33.4. The number of esters is 1. The first-order valence-electron chi connectivity index (χ1n) is 20.1. The Morgan fingerprint density at radius 2 is 1.76 bits per heavy atom. The van der Waals surface area contributed by atoms with Crippen LogP contribution >= 0.6 is 0 Å². The van der Waals surface area contributed by atoms with Crippen LogP contribution in [0.2, 0.25) is 0 Å². The molecule has 0 saturated heterocycles. The Balaban J connectivity index is 1.57. The van der Waals surface area contributed by atoms with Crippen LogP contribution in [0.4, 0.5) is 4.39 Å². The van der Waals surface area contributed by atoms with E-state index in [1.807, 2.05) is 19.9 Å². The van der Waals surface area contributed by atoms with Gasteiger partial charge in [-0.2, -0.15) is 0 Å². The van der Waals surface area contributed by atoms with Crippen molar-refractivity contribution in [2.45, 2.75) is 165 Å². The lowest BCUT2D eigenvalue weighted by atomic mass is 9.54. The number of rotatable bonds is 19. The molecule has 0 aliphatic heterocycles. The molecule has 6 unspecified atom stereocenters. The van der Waals surface area contributed by atoms with Gasteiger partial charge in [-0.3, -0.25) is 14.4 Å². The predicted octanol–water partition coefficient (Wildman–Crippen LogP) is 11.1. The largest absolute Gasteiger partial charge is 0.481 e. The summed E-state index contributed by atoms with van der Waals surface area (Å²) in [7, 11) is 0. The molecule has 51 heavy (non-hydrogen) atoms. The molecule has 0 aromatic heterocycles. The number of carbonyl (C=O) groups excluding carboxylic acids is 2. The van der Waals surface area contributed by atoms with E-state index >= 15 is 0 Å². The number of amides is 1. The van der Waals surface area contributed by atoms with E-state index in [4.69, 9.17) is 4.74 Å². The van der Waals surface area contributed by atoms with Gasteiger partial charge in [0.15, 0.2) is 0 Å². The van der Waals surface area contributed by atoms with Crippen LogP contribution in [0.5, 0.6) is 0 Å². The molecule has 0 radical (unpaired) electrons. The third-order valence-electron chi connectivity index (χ3n) is 13.0. The summed E-state index contributed by atoms with van der Waals surface area (Å²) in [5, 5.41) is 12.5. The molecule has 2 aliphatic rings. The Kier molecular flexibility index (Phi) is 15.8. The van der Waals surface area contributed by atoms with Crippen LogP contribution in [0.15, 0.2) is 35.9 Å². The Bertz CT molecular complexity index is 1340. The van der Waals surface area contributed by atoms with Gasteiger partial charge in [0.2, 0.25) is 5.91 Å². The van der Waals surface area contributed by atoms with E-state index in [2.05, 4.69) is 59.9 Å². The number of halogens is 1. The lowest BCUT2D eigenvalue weighted by Gasteiger charge is -2.53. The standard InChI is InChI=1S/C44H70FNO5/c1-10-14-32(5)36(41(50)46-29-33-16-13-18-35(45)25-33)21-19-30(3)15-12-17-34-26-44(9)24-23-38(42(6,7)37(44)22-20-31(34)4)51-40(49)28-43(8,11-2)27-39(47)48/h13,16,18,25-26,30-32,36-38H,10-12,14-15,17,19-24,27-29H2,1-9H3,(H,46,50)(H,47,48)/t30?,31?,32?,36-,37?,38-,43?,44?/m0/s1. The van der Waals surface area contributed by atoms with Crippen molar-refractivity contribution in [3.05, 3.63) is 47.3 Å². The van der Waals surface area contributed by atoms with Crippen molar-refractivity contribution in [2.75, 3.05) is 0 Å². The van der Waals surface area contributed by atoms with Crippen molar-refractivity contribution >= 4 is 17.8 Å². The smallest absolute Gasteiger partial charge is 0.306 e. The molecule has 1 aromatic carbocycles. The molecule has 2 aliphatic carbocycles. The summed E-state index contributed by atoms with van der Waals surface area (Å²) < 4.78 is 19.9. The third kappa shape index (κ3) is 12.2. The minimum absolute atomic E-state index is 0.0350. The van der Waals surface area contributed by atoms with Crippen LogP contribution in [-0.4, -0.2) is 29.1 Å². The number of nitrogens with one attached hydrogen (secondary N) is 1. The number of fused-ring (bicyclic) bond motifs is 1. The first kappa shape index (κ1) is 42.7. The number of carbonyl (C=O) groups is 3. The highest BCUT2D eigenvalue weighted by atomic mass is 19.1. The molecule has 1 saturated carbocycles. The minimum atomic E-state index is -0.879. The fourth-order valence-electron chi connectivity index (χ4n) is 9.42. The van der Waals surface area contributed by atoms with E-state index in [0.29, 0.717) is 36.6 Å².